The number of fused-ring (bicyclic) bond motifs is 1. The van der Waals surface area contributed by atoms with Gasteiger partial charge in [-0.2, -0.15) is 0 Å². The fourth-order valence-corrected chi connectivity index (χ4v) is 8.41. The number of amides is 8. The Hall–Kier alpha value is -8.98. The zero-order valence-corrected chi connectivity index (χ0v) is 43.6. The molecule has 424 valence electrons. The summed E-state index contributed by atoms with van der Waals surface area (Å²) in [6.45, 7) is 1.27. The Balaban J connectivity index is 1.80. The molecule has 2 heterocycles. The highest BCUT2D eigenvalue weighted by molar-refractivity contribution is 5.99. The first-order valence-corrected chi connectivity index (χ1v) is 25.5. The molecule has 22 N–H and O–H groups in total. The van der Waals surface area contributed by atoms with Gasteiger partial charge in [0.1, 0.15) is 42.3 Å². The first kappa shape index (κ1) is 61.6. The number of aromatic amines is 1. The molecule has 0 aliphatic carbocycles. The largest absolute Gasteiger partial charge is 0.480 e. The van der Waals surface area contributed by atoms with Gasteiger partial charge < -0.3 is 87.0 Å². The van der Waals surface area contributed by atoms with Crippen molar-refractivity contribution in [1.82, 2.24) is 47.5 Å². The number of H-pyrrole nitrogens is 1. The molecule has 2 aromatic carbocycles. The van der Waals surface area contributed by atoms with Gasteiger partial charge >= 0.3 is 5.97 Å². The van der Waals surface area contributed by atoms with E-state index in [0.717, 1.165) is 10.9 Å². The van der Waals surface area contributed by atoms with Crippen molar-refractivity contribution in [2.24, 2.45) is 49.4 Å². The monoisotopic (exact) mass is 1090 g/mol. The van der Waals surface area contributed by atoms with Crippen LogP contribution in [0.4, 0.5) is 0 Å². The normalized spacial score (nSPS) is 20.6. The molecule has 0 spiro atoms. The Kier molecular flexibility index (Phi) is 25.1. The summed E-state index contributed by atoms with van der Waals surface area (Å²) in [6, 6.07) is 5.69. The van der Waals surface area contributed by atoms with Crippen molar-refractivity contribution in [3.05, 3.63) is 71.9 Å². The zero-order valence-electron chi connectivity index (χ0n) is 43.6. The van der Waals surface area contributed by atoms with E-state index in [0.29, 0.717) is 11.1 Å². The predicted octanol–water partition coefficient (Wildman–Crippen LogP) is -3.70. The van der Waals surface area contributed by atoms with Gasteiger partial charge in [0.25, 0.3) is 0 Å². The number of rotatable bonds is 20. The maximum absolute atomic E-state index is 14.7. The zero-order chi connectivity index (χ0) is 57.1. The van der Waals surface area contributed by atoms with Crippen LogP contribution in [0.15, 0.2) is 75.8 Å². The van der Waals surface area contributed by atoms with Crippen LogP contribution in [0.3, 0.4) is 0 Å². The maximum atomic E-state index is 14.7. The number of nitrogens with zero attached hydrogens (tertiary/aromatic N) is 3. The van der Waals surface area contributed by atoms with Crippen LogP contribution >= 0.6 is 0 Å². The van der Waals surface area contributed by atoms with Crippen LogP contribution in [0.1, 0.15) is 82.3 Å². The molecule has 0 bridgehead atoms. The molecule has 1 saturated heterocycles. The molecule has 4 rings (SSSR count). The van der Waals surface area contributed by atoms with Gasteiger partial charge in [-0.25, -0.2) is 4.79 Å². The third kappa shape index (κ3) is 21.7. The summed E-state index contributed by atoms with van der Waals surface area (Å²) in [7, 11) is 0. The summed E-state index contributed by atoms with van der Waals surface area (Å²) in [5, 5.41) is 32.1. The fourth-order valence-electron chi connectivity index (χ4n) is 8.41. The first-order chi connectivity index (χ1) is 37.2. The molecular weight excluding hydrogens is 1010 g/mol. The number of hydrogen-bond acceptors (Lipinski definition) is 12. The van der Waals surface area contributed by atoms with Crippen LogP contribution in [0.2, 0.25) is 0 Å². The summed E-state index contributed by atoms with van der Waals surface area (Å²) in [5.74, 6) is -8.70. The van der Waals surface area contributed by atoms with Gasteiger partial charge in [0, 0.05) is 63.0 Å². The number of guanidine groups is 3. The third-order valence-corrected chi connectivity index (χ3v) is 12.3. The number of aliphatic carboxylic acids is 1. The molecule has 7 atom stereocenters. The second kappa shape index (κ2) is 31.8. The van der Waals surface area contributed by atoms with E-state index in [9.17, 15) is 48.3 Å². The number of aliphatic imine (C=N–C) groups is 3. The SMILES string of the molecule is CC(=O)N[C@@H](CCCN=C(N)N)C(=O)N[C@H]1CC(=O)NCCCC[C@@H](C(=O)O)NC(=O)[C@H](Cc2c[nH]c3ccccc23)NC(=O)[C@H](CCCN=C(N)N)NC(=O)[C@@H](Cc2ccccc2)NC(=O)[C@H](CCCN=C(N)N)NC1=O. The fraction of sp³-hybridized carbons (Fsp3) is 0.480. The van der Waals surface area contributed by atoms with E-state index >= 15 is 0 Å². The highest BCUT2D eigenvalue weighted by Crippen LogP contribution is 2.20. The molecule has 0 unspecified atom stereocenters. The van der Waals surface area contributed by atoms with E-state index in [1.54, 1.807) is 42.6 Å². The van der Waals surface area contributed by atoms with E-state index in [1.807, 2.05) is 18.2 Å². The lowest BCUT2D eigenvalue weighted by molar-refractivity contribution is -0.142. The van der Waals surface area contributed by atoms with E-state index < -0.39 is 102 Å². The van der Waals surface area contributed by atoms with Crippen molar-refractivity contribution in [3.8, 4) is 0 Å². The second-order valence-corrected chi connectivity index (χ2v) is 18.6. The van der Waals surface area contributed by atoms with E-state index in [-0.39, 0.29) is 115 Å². The minimum absolute atomic E-state index is 0.0000882. The number of para-hydroxylation sites is 1. The lowest BCUT2D eigenvalue weighted by atomic mass is 10.0. The number of hydrogen-bond donors (Lipinski definition) is 16. The number of nitrogens with one attached hydrogen (secondary N) is 9. The van der Waals surface area contributed by atoms with Crippen molar-refractivity contribution in [2.45, 2.75) is 126 Å². The van der Waals surface area contributed by atoms with Gasteiger partial charge in [-0.3, -0.25) is 53.3 Å². The number of aromatic nitrogens is 1. The number of carbonyl (C=O) groups is 9. The van der Waals surface area contributed by atoms with Crippen molar-refractivity contribution in [3.63, 3.8) is 0 Å². The molecule has 8 amide bonds. The van der Waals surface area contributed by atoms with Crippen molar-refractivity contribution in [2.75, 3.05) is 26.2 Å². The Morgan fingerprint density at radius 3 is 1.77 bits per heavy atom. The average Bonchev–Trinajstić information content (AvgIpc) is 3.80. The molecule has 28 heteroatoms. The van der Waals surface area contributed by atoms with Crippen LogP contribution in [0.5, 0.6) is 0 Å². The van der Waals surface area contributed by atoms with Gasteiger partial charge in [0.2, 0.25) is 47.3 Å². The number of nitrogens with two attached hydrogens (primary N) is 6. The molecule has 3 aromatic rings. The molecule has 78 heavy (non-hydrogen) atoms. The van der Waals surface area contributed by atoms with Crippen LogP contribution in [0, 0.1) is 0 Å². The van der Waals surface area contributed by atoms with Crippen molar-refractivity contribution >= 4 is 82.0 Å². The van der Waals surface area contributed by atoms with Gasteiger partial charge in [-0.15, -0.1) is 0 Å². The molecule has 1 aliphatic rings. The summed E-state index contributed by atoms with van der Waals surface area (Å²) < 4.78 is 0. The number of carbonyl (C=O) groups excluding carboxylic acids is 8. The second-order valence-electron chi connectivity index (χ2n) is 18.6. The van der Waals surface area contributed by atoms with Gasteiger partial charge in [-0.1, -0.05) is 48.5 Å². The van der Waals surface area contributed by atoms with Crippen LogP contribution < -0.4 is 76.9 Å². The summed E-state index contributed by atoms with van der Waals surface area (Å²) in [4.78, 5) is 140. The smallest absolute Gasteiger partial charge is 0.326 e. The van der Waals surface area contributed by atoms with Gasteiger partial charge in [0.15, 0.2) is 17.9 Å². The third-order valence-electron chi connectivity index (χ3n) is 12.3. The summed E-state index contributed by atoms with van der Waals surface area (Å²) in [6.07, 6.45) is 1.15. The number of benzene rings is 2. The Morgan fingerprint density at radius 1 is 0.654 bits per heavy atom. The minimum atomic E-state index is -1.67. The van der Waals surface area contributed by atoms with E-state index in [1.165, 1.54) is 6.92 Å². The van der Waals surface area contributed by atoms with Crippen LogP contribution in [0.25, 0.3) is 10.9 Å². The van der Waals surface area contributed by atoms with E-state index in [2.05, 4.69) is 62.5 Å². The van der Waals surface area contributed by atoms with Crippen LogP contribution in [-0.2, 0) is 56.0 Å². The lowest BCUT2D eigenvalue weighted by Gasteiger charge is -2.28. The quantitative estimate of drug-likeness (QED) is 0.0294. The molecule has 1 aliphatic heterocycles. The molecular formula is C50H74N18O10. The average molecular weight is 1090 g/mol. The van der Waals surface area contributed by atoms with Gasteiger partial charge in [-0.05, 0) is 75.0 Å². The maximum Gasteiger partial charge on any atom is 0.326 e. The summed E-state index contributed by atoms with van der Waals surface area (Å²) >= 11 is 0. The van der Waals surface area contributed by atoms with Gasteiger partial charge in [0.05, 0.1) is 6.42 Å². The highest BCUT2D eigenvalue weighted by Gasteiger charge is 2.35. The van der Waals surface area contributed by atoms with Crippen molar-refractivity contribution in [1.29, 1.82) is 0 Å². The number of carboxylic acid groups (broad SMARTS) is 1. The lowest BCUT2D eigenvalue weighted by Crippen LogP contribution is -2.60. The molecule has 0 saturated carbocycles. The molecule has 1 aromatic heterocycles. The van der Waals surface area contributed by atoms with E-state index in [4.69, 9.17) is 34.4 Å². The summed E-state index contributed by atoms with van der Waals surface area (Å²) in [5.41, 5.74) is 35.1. The Labute approximate surface area is 450 Å². The first-order valence-electron chi connectivity index (χ1n) is 25.5. The Bertz CT molecular complexity index is 2630. The van der Waals surface area contributed by atoms with Crippen LogP contribution in [-0.4, -0.2) is 150 Å². The number of carboxylic acids is 1. The topological polar surface area (TPSA) is 479 Å². The standard InChI is InChI=1S/C50H74N18O10/c1-28(69)62-33(17-9-21-58-48(51)52)41(71)68-39-26-40(70)57-20-8-7-16-36(47(77)78)65-45(75)38(25-30-27-61-32-15-6-5-14-31(30)32)67-43(73)35(19-11-23-60-50(55)56)63-44(74)37(24-29-12-3-2-4-13-29)66-42(72)34(64-46(39)76)18-10-22-59-49(53)54/h2-6,12-15,27,33-39,61H,7-11,16-26H2,1H3,(H,57,70)(H,62,69)(H,63,74)(H,64,76)(H,65,75)(H,66,72)(H,67,73)(H,68,71)(H,77,78)(H4,51,52,58)(H4,53,54,59)(H4,55,56,60)/t33-,34-,35-,36-,37+,38-,39-/m0/s1. The van der Waals surface area contributed by atoms with Crippen molar-refractivity contribution < 1.29 is 48.3 Å². The molecule has 1 fully saturated rings. The molecule has 28 nitrogen and oxygen atoms in total. The highest BCUT2D eigenvalue weighted by atomic mass is 16.4. The predicted molar refractivity (Wildman–Crippen MR) is 290 cm³/mol. The Morgan fingerprint density at radius 2 is 1.18 bits per heavy atom. The molecule has 0 radical (unpaired) electrons. The minimum Gasteiger partial charge on any atom is -0.480 e.